The molecule has 0 heterocycles. The molecule has 0 spiro atoms. The highest BCUT2D eigenvalue weighted by atomic mass is 32.1. The van der Waals surface area contributed by atoms with Gasteiger partial charge in [0.1, 0.15) is 0 Å². The van der Waals surface area contributed by atoms with Gasteiger partial charge in [0, 0.05) is 5.56 Å². The summed E-state index contributed by atoms with van der Waals surface area (Å²) >= 11 is 4.65. The zero-order valence-corrected chi connectivity index (χ0v) is 9.98. The third-order valence-corrected chi connectivity index (χ3v) is 2.20. The fraction of sp³-hybridized carbons (Fsp3) is 0.273. The van der Waals surface area contributed by atoms with Gasteiger partial charge in [-0.1, -0.05) is 17.7 Å². The lowest BCUT2D eigenvalue weighted by atomic mass is 10.0. The predicted octanol–water partition coefficient (Wildman–Crippen LogP) is 1.78. The molecule has 0 aliphatic heterocycles. The highest BCUT2D eigenvalue weighted by Crippen LogP contribution is 2.13. The first-order valence-corrected chi connectivity index (χ1v) is 5.08. The van der Waals surface area contributed by atoms with Crippen molar-refractivity contribution < 1.29 is 0 Å². The van der Waals surface area contributed by atoms with Gasteiger partial charge in [0.05, 0.1) is 6.21 Å². The van der Waals surface area contributed by atoms with Gasteiger partial charge in [0.25, 0.3) is 0 Å². The van der Waals surface area contributed by atoms with Crippen LogP contribution in [-0.4, -0.2) is 11.3 Å². The van der Waals surface area contributed by atoms with E-state index in [2.05, 4.69) is 55.6 Å². The fourth-order valence-corrected chi connectivity index (χ4v) is 1.61. The van der Waals surface area contributed by atoms with Gasteiger partial charge in [0.15, 0.2) is 5.11 Å². The van der Waals surface area contributed by atoms with Gasteiger partial charge in [-0.3, -0.25) is 5.43 Å². The van der Waals surface area contributed by atoms with Gasteiger partial charge in [-0.05, 0) is 44.1 Å². The van der Waals surface area contributed by atoms with Gasteiger partial charge in [-0.2, -0.15) is 5.10 Å². The molecule has 0 aromatic heterocycles. The molecule has 0 radical (unpaired) electrons. The van der Waals surface area contributed by atoms with Crippen molar-refractivity contribution in [1.82, 2.24) is 5.43 Å². The number of hydrazone groups is 1. The minimum atomic E-state index is 0.175. The molecule has 3 nitrogen and oxygen atoms in total. The molecule has 0 bridgehead atoms. The Bertz CT molecular complexity index is 387. The van der Waals surface area contributed by atoms with Gasteiger partial charge >= 0.3 is 0 Å². The molecule has 0 fully saturated rings. The van der Waals surface area contributed by atoms with E-state index in [9.17, 15) is 0 Å². The maximum atomic E-state index is 5.26. The number of nitrogens with two attached hydrogens (primary N) is 1. The Morgan fingerprint density at radius 2 is 1.87 bits per heavy atom. The Balaban J connectivity index is 2.94. The van der Waals surface area contributed by atoms with Crippen LogP contribution in [-0.2, 0) is 0 Å². The first kappa shape index (κ1) is 11.7. The summed E-state index contributed by atoms with van der Waals surface area (Å²) in [5.41, 5.74) is 12.6. The Morgan fingerprint density at radius 3 is 2.33 bits per heavy atom. The lowest BCUT2D eigenvalue weighted by Crippen LogP contribution is -2.24. The van der Waals surface area contributed by atoms with E-state index in [0.717, 1.165) is 5.56 Å². The molecule has 0 aliphatic carbocycles. The number of hydrogen-bond donors (Lipinski definition) is 2. The fourth-order valence-electron chi connectivity index (χ4n) is 1.56. The molecule has 0 unspecified atom stereocenters. The number of benzene rings is 1. The van der Waals surface area contributed by atoms with Gasteiger partial charge in [0.2, 0.25) is 0 Å². The molecule has 0 aliphatic rings. The Labute approximate surface area is 95.4 Å². The van der Waals surface area contributed by atoms with Crippen molar-refractivity contribution in [3.63, 3.8) is 0 Å². The molecular weight excluding hydrogens is 206 g/mol. The Hall–Kier alpha value is -1.42. The first-order valence-electron chi connectivity index (χ1n) is 4.67. The van der Waals surface area contributed by atoms with E-state index < -0.39 is 0 Å². The van der Waals surface area contributed by atoms with Crippen LogP contribution in [0.3, 0.4) is 0 Å². The summed E-state index contributed by atoms with van der Waals surface area (Å²) in [5.74, 6) is 0. The zero-order chi connectivity index (χ0) is 11.4. The van der Waals surface area contributed by atoms with Crippen LogP contribution in [0.5, 0.6) is 0 Å². The number of aryl methyl sites for hydroxylation is 3. The van der Waals surface area contributed by atoms with Crippen LogP contribution in [0.1, 0.15) is 22.3 Å². The molecule has 1 aromatic carbocycles. The van der Waals surface area contributed by atoms with Crippen LogP contribution in [0.15, 0.2) is 17.2 Å². The van der Waals surface area contributed by atoms with Crippen LogP contribution >= 0.6 is 12.2 Å². The smallest absolute Gasteiger partial charge is 0.184 e. The second-order valence-electron chi connectivity index (χ2n) is 3.55. The summed E-state index contributed by atoms with van der Waals surface area (Å²) in [6.45, 7) is 6.19. The van der Waals surface area contributed by atoms with Crippen molar-refractivity contribution >= 4 is 23.5 Å². The maximum absolute atomic E-state index is 5.26. The van der Waals surface area contributed by atoms with E-state index in [0.29, 0.717) is 0 Å². The lowest BCUT2D eigenvalue weighted by Gasteiger charge is -2.06. The van der Waals surface area contributed by atoms with Crippen molar-refractivity contribution in [3.05, 3.63) is 34.4 Å². The number of nitrogens with one attached hydrogen (secondary N) is 1. The van der Waals surface area contributed by atoms with Crippen LogP contribution < -0.4 is 11.2 Å². The minimum absolute atomic E-state index is 0.175. The number of hydrogen-bond acceptors (Lipinski definition) is 2. The average Bonchev–Trinajstić information content (AvgIpc) is 2.08. The third kappa shape index (κ3) is 3.32. The number of rotatable bonds is 2. The molecule has 15 heavy (non-hydrogen) atoms. The summed E-state index contributed by atoms with van der Waals surface area (Å²) < 4.78 is 0. The molecule has 0 saturated heterocycles. The van der Waals surface area contributed by atoms with Crippen LogP contribution in [0, 0.1) is 20.8 Å². The molecule has 80 valence electrons. The van der Waals surface area contributed by atoms with Crippen LogP contribution in [0.2, 0.25) is 0 Å². The Kier molecular flexibility index (Phi) is 3.80. The SMILES string of the molecule is Cc1cc(C)c(/C=N\NC(N)=S)c(C)c1. The van der Waals surface area contributed by atoms with E-state index in [1.54, 1.807) is 6.21 Å². The number of nitrogens with zero attached hydrogens (tertiary/aromatic N) is 1. The molecule has 1 rings (SSSR count). The Morgan fingerprint density at radius 1 is 1.33 bits per heavy atom. The summed E-state index contributed by atoms with van der Waals surface area (Å²) in [6.07, 6.45) is 1.74. The van der Waals surface area contributed by atoms with E-state index in [1.165, 1.54) is 16.7 Å². The molecule has 0 amide bonds. The predicted molar refractivity (Wildman–Crippen MR) is 68.2 cm³/mol. The third-order valence-electron chi connectivity index (χ3n) is 2.11. The first-order chi connectivity index (χ1) is 7.00. The largest absolute Gasteiger partial charge is 0.375 e. The van der Waals surface area contributed by atoms with Crippen molar-refractivity contribution in [3.8, 4) is 0 Å². The van der Waals surface area contributed by atoms with Crippen LogP contribution in [0.25, 0.3) is 0 Å². The molecule has 1 aromatic rings. The van der Waals surface area contributed by atoms with Crippen molar-refractivity contribution in [2.75, 3.05) is 0 Å². The second-order valence-corrected chi connectivity index (χ2v) is 3.99. The van der Waals surface area contributed by atoms with Crippen molar-refractivity contribution in [2.24, 2.45) is 10.8 Å². The summed E-state index contributed by atoms with van der Waals surface area (Å²) in [6, 6.07) is 4.24. The molecule has 4 heteroatoms. The molecule has 3 N–H and O–H groups in total. The standard InChI is InChI=1S/C11H15N3S/c1-7-4-8(2)10(9(3)5-7)6-13-14-11(12)15/h4-6H,1-3H3,(H3,12,14,15)/b13-6-. The average molecular weight is 221 g/mol. The quantitative estimate of drug-likeness (QED) is 0.455. The van der Waals surface area contributed by atoms with Crippen molar-refractivity contribution in [2.45, 2.75) is 20.8 Å². The molecule has 0 saturated carbocycles. The van der Waals surface area contributed by atoms with Gasteiger partial charge in [-0.25, -0.2) is 0 Å². The molecule has 0 atom stereocenters. The zero-order valence-electron chi connectivity index (χ0n) is 9.16. The maximum Gasteiger partial charge on any atom is 0.184 e. The molecular formula is C11H15N3S. The van der Waals surface area contributed by atoms with Crippen LogP contribution in [0.4, 0.5) is 0 Å². The minimum Gasteiger partial charge on any atom is -0.375 e. The van der Waals surface area contributed by atoms with E-state index in [1.807, 2.05) is 0 Å². The highest BCUT2D eigenvalue weighted by Gasteiger charge is 2.00. The summed E-state index contributed by atoms with van der Waals surface area (Å²) in [4.78, 5) is 0. The topological polar surface area (TPSA) is 50.4 Å². The summed E-state index contributed by atoms with van der Waals surface area (Å²) in [7, 11) is 0. The van der Waals surface area contributed by atoms with E-state index >= 15 is 0 Å². The van der Waals surface area contributed by atoms with Gasteiger partial charge < -0.3 is 5.73 Å². The van der Waals surface area contributed by atoms with E-state index in [4.69, 9.17) is 5.73 Å². The monoisotopic (exact) mass is 221 g/mol. The van der Waals surface area contributed by atoms with Crippen molar-refractivity contribution in [1.29, 1.82) is 0 Å². The van der Waals surface area contributed by atoms with Gasteiger partial charge in [-0.15, -0.1) is 0 Å². The summed E-state index contributed by atoms with van der Waals surface area (Å²) in [5, 5.41) is 4.13. The van der Waals surface area contributed by atoms with E-state index in [-0.39, 0.29) is 5.11 Å². The second kappa shape index (κ2) is 4.89. The normalized spacial score (nSPS) is 10.6. The number of thiocarbonyl (C=S) groups is 1. The lowest BCUT2D eigenvalue weighted by molar-refractivity contribution is 1.04. The highest BCUT2D eigenvalue weighted by molar-refractivity contribution is 7.80.